The zero-order valence-corrected chi connectivity index (χ0v) is 17.1. The van der Waals surface area contributed by atoms with E-state index in [1.54, 1.807) is 37.1 Å². The van der Waals surface area contributed by atoms with Crippen molar-refractivity contribution < 1.29 is 23.5 Å². The molecule has 160 valence electrons. The molecule has 2 aliphatic heterocycles. The predicted molar refractivity (Wildman–Crippen MR) is 113 cm³/mol. The van der Waals surface area contributed by atoms with Gasteiger partial charge in [-0.05, 0) is 36.8 Å². The fourth-order valence-corrected chi connectivity index (χ4v) is 3.23. The van der Waals surface area contributed by atoms with Crippen molar-refractivity contribution in [2.75, 3.05) is 13.7 Å². The minimum absolute atomic E-state index is 0.0574. The highest BCUT2D eigenvalue weighted by atomic mass is 19.1. The van der Waals surface area contributed by atoms with E-state index < -0.39 is 12.1 Å². The number of amides is 4. The third kappa shape index (κ3) is 5.39. The molecule has 0 radical (unpaired) electrons. The van der Waals surface area contributed by atoms with Crippen LogP contribution in [0.1, 0.15) is 22.8 Å². The molecule has 4 amide bonds. The average Bonchev–Trinajstić information content (AvgIpc) is 3.12. The molecule has 7 nitrogen and oxygen atoms in total. The molecule has 2 N–H and O–H groups in total. The second-order valence-electron chi connectivity index (χ2n) is 7.01. The lowest BCUT2D eigenvalue weighted by atomic mass is 9.99. The number of fused-ring (bicyclic) bond motifs is 1. The van der Waals surface area contributed by atoms with Crippen LogP contribution in [-0.2, 0) is 11.3 Å². The van der Waals surface area contributed by atoms with Gasteiger partial charge in [0.2, 0.25) is 0 Å². The fraction of sp³-hybridized carbons (Fsp3) is 0.261. The van der Waals surface area contributed by atoms with Crippen molar-refractivity contribution >= 4 is 17.8 Å². The van der Waals surface area contributed by atoms with Gasteiger partial charge in [0, 0.05) is 25.1 Å². The Bertz CT molecular complexity index is 1050. The quantitative estimate of drug-likeness (QED) is 0.578. The van der Waals surface area contributed by atoms with E-state index in [0.717, 1.165) is 11.1 Å². The molecule has 2 heterocycles. The molecule has 1 aromatic rings. The first-order chi connectivity index (χ1) is 14.9. The van der Waals surface area contributed by atoms with Crippen LogP contribution in [-0.4, -0.2) is 42.4 Å². The Morgan fingerprint density at radius 2 is 2.06 bits per heavy atom. The SMILES string of the molecule is CC#CCOc1ccc2c(c1)C(=O)N(C)C2.O=C1NC(=O)C(C2C=CC=C(F)C=C2)N1. The van der Waals surface area contributed by atoms with Crippen LogP contribution < -0.4 is 15.4 Å². The molecule has 1 saturated heterocycles. The normalized spacial score (nSPS) is 21.1. The highest BCUT2D eigenvalue weighted by Crippen LogP contribution is 2.25. The first-order valence-corrected chi connectivity index (χ1v) is 9.63. The average molecular weight is 423 g/mol. The fourth-order valence-electron chi connectivity index (χ4n) is 3.23. The van der Waals surface area contributed by atoms with Crippen LogP contribution >= 0.6 is 0 Å². The van der Waals surface area contributed by atoms with Crippen LogP contribution in [0.15, 0.2) is 54.4 Å². The first-order valence-electron chi connectivity index (χ1n) is 9.63. The summed E-state index contributed by atoms with van der Waals surface area (Å²) in [6.45, 7) is 2.81. The van der Waals surface area contributed by atoms with E-state index in [4.69, 9.17) is 4.74 Å². The molecular formula is C23H22FN3O4. The summed E-state index contributed by atoms with van der Waals surface area (Å²) in [5, 5.41) is 4.60. The number of carbonyl (C=O) groups excluding carboxylic acids is 3. The van der Waals surface area contributed by atoms with E-state index >= 15 is 0 Å². The summed E-state index contributed by atoms with van der Waals surface area (Å²) in [5.41, 5.74) is 1.80. The minimum atomic E-state index is -0.649. The van der Waals surface area contributed by atoms with Crippen LogP contribution in [0, 0.1) is 17.8 Å². The number of hydrogen-bond acceptors (Lipinski definition) is 4. The standard InChI is InChI=1S/C13H13NO2.C10H9FN2O2/c1-3-4-7-16-11-6-5-10-9-14(2)13(15)12(10)8-11;11-7-3-1-2-6(4-5-7)8-9(14)13-10(15)12-8/h5-6,8H,7,9H2,1-2H3;1-6,8H,(H2,12,13,14,15). The summed E-state index contributed by atoms with van der Waals surface area (Å²) in [5.74, 6) is 5.25. The Morgan fingerprint density at radius 3 is 2.77 bits per heavy atom. The number of carbonyl (C=O) groups is 3. The first kappa shape index (κ1) is 21.8. The highest BCUT2D eigenvalue weighted by Gasteiger charge is 2.33. The van der Waals surface area contributed by atoms with Crippen molar-refractivity contribution in [1.29, 1.82) is 0 Å². The number of halogens is 1. The zero-order valence-electron chi connectivity index (χ0n) is 17.1. The molecule has 0 saturated carbocycles. The number of urea groups is 1. The van der Waals surface area contributed by atoms with Gasteiger partial charge in [0.1, 0.15) is 24.2 Å². The van der Waals surface area contributed by atoms with Gasteiger partial charge in [0.15, 0.2) is 0 Å². The Balaban J connectivity index is 0.000000176. The number of rotatable bonds is 3. The van der Waals surface area contributed by atoms with Gasteiger partial charge in [-0.1, -0.05) is 30.2 Å². The lowest BCUT2D eigenvalue weighted by Gasteiger charge is -2.12. The van der Waals surface area contributed by atoms with E-state index in [-0.39, 0.29) is 23.6 Å². The summed E-state index contributed by atoms with van der Waals surface area (Å²) >= 11 is 0. The summed E-state index contributed by atoms with van der Waals surface area (Å²) in [4.78, 5) is 35.6. The van der Waals surface area contributed by atoms with Crippen molar-refractivity contribution in [2.45, 2.75) is 19.5 Å². The lowest BCUT2D eigenvalue weighted by molar-refractivity contribution is -0.120. The van der Waals surface area contributed by atoms with Crippen LogP contribution in [0.4, 0.5) is 9.18 Å². The number of nitrogens with one attached hydrogen (secondary N) is 2. The van der Waals surface area contributed by atoms with E-state index in [0.29, 0.717) is 18.9 Å². The maximum Gasteiger partial charge on any atom is 0.322 e. The maximum atomic E-state index is 12.8. The van der Waals surface area contributed by atoms with Gasteiger partial charge in [-0.15, -0.1) is 5.92 Å². The second kappa shape index (κ2) is 9.76. The van der Waals surface area contributed by atoms with Gasteiger partial charge < -0.3 is 15.0 Å². The molecule has 0 aromatic heterocycles. The molecule has 2 atom stereocenters. The molecule has 1 fully saturated rings. The van der Waals surface area contributed by atoms with E-state index in [9.17, 15) is 18.8 Å². The number of ether oxygens (including phenoxy) is 1. The highest BCUT2D eigenvalue weighted by molar-refractivity contribution is 6.04. The minimum Gasteiger partial charge on any atom is -0.481 e. The van der Waals surface area contributed by atoms with Gasteiger partial charge in [-0.25, -0.2) is 9.18 Å². The smallest absolute Gasteiger partial charge is 0.322 e. The van der Waals surface area contributed by atoms with Crippen LogP contribution in [0.5, 0.6) is 5.75 Å². The van der Waals surface area contributed by atoms with Crippen molar-refractivity contribution in [1.82, 2.24) is 15.5 Å². The Labute approximate surface area is 179 Å². The molecule has 4 rings (SSSR count). The number of nitrogens with zero attached hydrogens (tertiary/aromatic N) is 1. The van der Waals surface area contributed by atoms with Crippen molar-refractivity contribution in [3.05, 3.63) is 65.5 Å². The van der Waals surface area contributed by atoms with Gasteiger partial charge in [0.05, 0.1) is 0 Å². The summed E-state index contributed by atoms with van der Waals surface area (Å²) in [6.07, 6.45) is 7.31. The van der Waals surface area contributed by atoms with Gasteiger partial charge in [-0.2, -0.15) is 0 Å². The topological polar surface area (TPSA) is 87.7 Å². The largest absolute Gasteiger partial charge is 0.481 e. The van der Waals surface area contributed by atoms with E-state index in [1.165, 1.54) is 18.2 Å². The van der Waals surface area contributed by atoms with Gasteiger partial charge in [0.25, 0.3) is 11.8 Å². The van der Waals surface area contributed by atoms with Gasteiger partial charge >= 0.3 is 6.03 Å². The molecule has 8 heteroatoms. The van der Waals surface area contributed by atoms with Gasteiger partial charge in [-0.3, -0.25) is 14.9 Å². The number of hydrogen-bond donors (Lipinski definition) is 2. The molecule has 31 heavy (non-hydrogen) atoms. The van der Waals surface area contributed by atoms with Crippen LogP contribution in [0.3, 0.4) is 0 Å². The van der Waals surface area contributed by atoms with Crippen LogP contribution in [0.2, 0.25) is 0 Å². The molecule has 2 unspecified atom stereocenters. The molecule has 1 aliphatic carbocycles. The molecule has 0 spiro atoms. The number of benzene rings is 1. The van der Waals surface area contributed by atoms with E-state index in [2.05, 4.69) is 22.5 Å². The van der Waals surface area contributed by atoms with E-state index in [1.807, 2.05) is 12.1 Å². The van der Waals surface area contributed by atoms with Crippen molar-refractivity contribution in [2.24, 2.45) is 5.92 Å². The third-order valence-corrected chi connectivity index (χ3v) is 4.81. The summed E-state index contributed by atoms with van der Waals surface area (Å²) in [7, 11) is 1.80. The monoisotopic (exact) mass is 423 g/mol. The van der Waals surface area contributed by atoms with Crippen LogP contribution in [0.25, 0.3) is 0 Å². The Kier molecular flexibility index (Phi) is 6.88. The molecule has 3 aliphatic rings. The molecular weight excluding hydrogens is 401 g/mol. The van der Waals surface area contributed by atoms with Crippen molar-refractivity contribution in [3.63, 3.8) is 0 Å². The maximum absolute atomic E-state index is 12.8. The zero-order chi connectivity index (χ0) is 22.4. The second-order valence-corrected chi connectivity index (χ2v) is 7.01. The number of allylic oxidation sites excluding steroid dienone is 4. The summed E-state index contributed by atoms with van der Waals surface area (Å²) in [6, 6.07) is 4.45. The Morgan fingerprint density at radius 1 is 1.26 bits per heavy atom. The number of imide groups is 1. The molecule has 1 aromatic carbocycles. The third-order valence-electron chi connectivity index (χ3n) is 4.81. The molecule has 0 bridgehead atoms. The van der Waals surface area contributed by atoms with Crippen molar-refractivity contribution in [3.8, 4) is 17.6 Å². The lowest BCUT2D eigenvalue weighted by Crippen LogP contribution is -2.35. The predicted octanol–water partition coefficient (Wildman–Crippen LogP) is 2.46. The summed E-state index contributed by atoms with van der Waals surface area (Å²) < 4.78 is 18.2. The Hall–Kier alpha value is -3.86.